The van der Waals surface area contributed by atoms with Crippen LogP contribution in [0.4, 0.5) is 21.7 Å². The molecule has 3 aromatic heterocycles. The number of fused-ring (bicyclic) bond motifs is 1. The van der Waals surface area contributed by atoms with E-state index in [1.165, 1.54) is 0 Å². The van der Waals surface area contributed by atoms with Gasteiger partial charge in [0, 0.05) is 63.2 Å². The molecule has 2 atom stereocenters. The SMILES string of the molecule is COC[C@H](C(=O)Nc1cccc2c(-c3nc(Nc4cnn(C5CCOC5)c4)ncc3F)c[nH]c12)N1CCN(C)CC1. The van der Waals surface area contributed by atoms with Gasteiger partial charge < -0.3 is 30.0 Å². The predicted molar refractivity (Wildman–Crippen MR) is 153 cm³/mol. The number of hydrogen-bond acceptors (Lipinski definition) is 9. The second-order valence-electron chi connectivity index (χ2n) is 10.5. The van der Waals surface area contributed by atoms with Gasteiger partial charge in [0.25, 0.3) is 0 Å². The third kappa shape index (κ3) is 5.79. The molecule has 1 amide bonds. The normalized spacial score (nSPS) is 19.0. The number of piperazine rings is 1. The number of amides is 1. The van der Waals surface area contributed by atoms with Crippen molar-refractivity contribution in [2.24, 2.45) is 0 Å². The average molecular weight is 564 g/mol. The molecule has 0 radical (unpaired) electrons. The van der Waals surface area contributed by atoms with Crippen LogP contribution < -0.4 is 10.6 Å². The maximum atomic E-state index is 15.1. The topological polar surface area (TPSA) is 125 Å². The summed E-state index contributed by atoms with van der Waals surface area (Å²) in [5, 5.41) is 11.3. The van der Waals surface area contributed by atoms with Crippen LogP contribution in [0, 0.1) is 5.82 Å². The van der Waals surface area contributed by atoms with E-state index in [0.29, 0.717) is 29.1 Å². The van der Waals surface area contributed by atoms with Crippen molar-refractivity contribution in [1.82, 2.24) is 34.5 Å². The van der Waals surface area contributed by atoms with Gasteiger partial charge in [-0.15, -0.1) is 0 Å². The average Bonchev–Trinajstić information content (AvgIpc) is 3.75. The van der Waals surface area contributed by atoms with Gasteiger partial charge in [-0.25, -0.2) is 14.4 Å². The monoisotopic (exact) mass is 563 g/mol. The summed E-state index contributed by atoms with van der Waals surface area (Å²) in [6, 6.07) is 5.30. The Morgan fingerprint density at radius 3 is 2.90 bits per heavy atom. The lowest BCUT2D eigenvalue weighted by Crippen LogP contribution is -2.54. The molecular weight excluding hydrogens is 529 g/mol. The van der Waals surface area contributed by atoms with Crippen molar-refractivity contribution >= 4 is 34.1 Å². The number of ether oxygens (including phenoxy) is 2. The van der Waals surface area contributed by atoms with Crippen molar-refractivity contribution in [1.29, 1.82) is 0 Å². The molecule has 0 spiro atoms. The number of nitrogens with one attached hydrogen (secondary N) is 3. The Morgan fingerprint density at radius 1 is 1.27 bits per heavy atom. The van der Waals surface area contributed by atoms with Gasteiger partial charge in [-0.2, -0.15) is 5.10 Å². The number of anilines is 3. The number of likely N-dealkylation sites (N-methyl/N-ethyl adjacent to an activating group) is 1. The van der Waals surface area contributed by atoms with Crippen molar-refractivity contribution in [3.63, 3.8) is 0 Å². The van der Waals surface area contributed by atoms with E-state index < -0.39 is 11.9 Å². The lowest BCUT2D eigenvalue weighted by molar-refractivity contribution is -0.124. The van der Waals surface area contributed by atoms with E-state index in [1.54, 1.807) is 19.5 Å². The number of aromatic amines is 1. The third-order valence-electron chi connectivity index (χ3n) is 7.72. The fourth-order valence-corrected chi connectivity index (χ4v) is 5.39. The molecule has 2 fully saturated rings. The van der Waals surface area contributed by atoms with E-state index in [2.05, 4.69) is 47.5 Å². The predicted octanol–water partition coefficient (Wildman–Crippen LogP) is 2.87. The number of H-pyrrole nitrogens is 1. The zero-order valence-corrected chi connectivity index (χ0v) is 23.1. The summed E-state index contributed by atoms with van der Waals surface area (Å²) in [6.07, 6.45) is 7.30. The Kier molecular flexibility index (Phi) is 7.92. The fourth-order valence-electron chi connectivity index (χ4n) is 5.39. The van der Waals surface area contributed by atoms with Gasteiger partial charge in [0.15, 0.2) is 5.82 Å². The summed E-state index contributed by atoms with van der Waals surface area (Å²) in [4.78, 5) is 29.6. The number of carbonyl (C=O) groups excluding carboxylic acids is 1. The van der Waals surface area contributed by atoms with Crippen LogP contribution in [0.5, 0.6) is 0 Å². The molecule has 2 saturated heterocycles. The minimum Gasteiger partial charge on any atom is -0.383 e. The molecule has 0 aliphatic carbocycles. The molecule has 1 unspecified atom stereocenters. The number of carbonyl (C=O) groups is 1. The first-order valence-corrected chi connectivity index (χ1v) is 13.7. The van der Waals surface area contributed by atoms with E-state index in [4.69, 9.17) is 9.47 Å². The lowest BCUT2D eigenvalue weighted by atomic mass is 10.1. The van der Waals surface area contributed by atoms with Gasteiger partial charge in [0.1, 0.15) is 11.7 Å². The zero-order valence-electron chi connectivity index (χ0n) is 23.1. The molecule has 12 nitrogen and oxygen atoms in total. The Morgan fingerprint density at radius 2 is 2.12 bits per heavy atom. The number of hydrogen-bond donors (Lipinski definition) is 3. The highest BCUT2D eigenvalue weighted by molar-refractivity contribution is 6.06. The molecule has 4 aromatic rings. The number of halogens is 1. The third-order valence-corrected chi connectivity index (χ3v) is 7.72. The highest BCUT2D eigenvalue weighted by Gasteiger charge is 2.29. The van der Waals surface area contributed by atoms with Crippen molar-refractivity contribution in [2.45, 2.75) is 18.5 Å². The van der Waals surface area contributed by atoms with Crippen molar-refractivity contribution in [3.05, 3.63) is 48.8 Å². The van der Waals surface area contributed by atoms with Gasteiger partial charge in [-0.05, 0) is 19.5 Å². The van der Waals surface area contributed by atoms with E-state index in [9.17, 15) is 4.79 Å². The Bertz CT molecular complexity index is 1510. The van der Waals surface area contributed by atoms with Gasteiger partial charge in [0.2, 0.25) is 11.9 Å². The number of aromatic nitrogens is 5. The second-order valence-corrected chi connectivity index (χ2v) is 10.5. The Labute approximate surface area is 236 Å². The molecule has 13 heteroatoms. The van der Waals surface area contributed by atoms with E-state index in [-0.39, 0.29) is 30.2 Å². The standard InChI is InChI=1S/C28H34FN9O3/c1-36-7-9-37(10-8-36)24(17-40-2)27(39)34-23-5-3-4-20-21(13-30-26(20)23)25-22(29)14-31-28(35-25)33-18-12-32-38(15-18)19-6-11-41-16-19/h3-5,12-15,19,24,30H,6-11,16-17H2,1-2H3,(H,34,39)(H,31,33,35)/t19?,24-/m1/s1. The van der Waals surface area contributed by atoms with Crippen LogP contribution in [0.15, 0.2) is 43.0 Å². The maximum absolute atomic E-state index is 15.1. The molecule has 216 valence electrons. The minimum atomic E-state index is -0.556. The molecule has 1 aromatic carbocycles. The summed E-state index contributed by atoms with van der Waals surface area (Å²) in [7, 11) is 3.68. The van der Waals surface area contributed by atoms with Crippen molar-refractivity contribution in [2.75, 3.05) is 70.8 Å². The van der Waals surface area contributed by atoms with Crippen LogP contribution in [-0.4, -0.2) is 107 Å². The number of nitrogens with zero attached hydrogens (tertiary/aromatic N) is 6. The highest BCUT2D eigenvalue weighted by atomic mass is 19.1. The molecule has 2 aliphatic heterocycles. The van der Waals surface area contributed by atoms with Crippen LogP contribution in [0.1, 0.15) is 12.5 Å². The molecule has 3 N–H and O–H groups in total. The first kappa shape index (κ1) is 27.3. The molecule has 0 bridgehead atoms. The number of benzene rings is 1. The van der Waals surface area contributed by atoms with Gasteiger partial charge in [-0.3, -0.25) is 14.4 Å². The van der Waals surface area contributed by atoms with Crippen LogP contribution in [0.3, 0.4) is 0 Å². The number of methoxy groups -OCH3 is 1. The van der Waals surface area contributed by atoms with E-state index in [0.717, 1.165) is 50.8 Å². The first-order valence-electron chi connectivity index (χ1n) is 13.7. The summed E-state index contributed by atoms with van der Waals surface area (Å²) in [6.45, 7) is 4.99. The Balaban J connectivity index is 1.23. The summed E-state index contributed by atoms with van der Waals surface area (Å²) in [5.74, 6) is -0.457. The van der Waals surface area contributed by atoms with Crippen molar-refractivity contribution < 1.29 is 18.7 Å². The smallest absolute Gasteiger partial charge is 0.244 e. The van der Waals surface area contributed by atoms with Gasteiger partial charge in [0.05, 0.1) is 48.5 Å². The summed E-state index contributed by atoms with van der Waals surface area (Å²) >= 11 is 0. The maximum Gasteiger partial charge on any atom is 0.244 e. The molecule has 0 saturated carbocycles. The summed E-state index contributed by atoms with van der Waals surface area (Å²) in [5.41, 5.74) is 2.68. The van der Waals surface area contributed by atoms with Crippen LogP contribution in [-0.2, 0) is 14.3 Å². The van der Waals surface area contributed by atoms with Gasteiger partial charge in [-0.1, -0.05) is 12.1 Å². The van der Waals surface area contributed by atoms with Crippen LogP contribution in [0.25, 0.3) is 22.2 Å². The second kappa shape index (κ2) is 11.9. The number of para-hydroxylation sites is 1. The lowest BCUT2D eigenvalue weighted by Gasteiger charge is -2.36. The fraction of sp³-hybridized carbons (Fsp3) is 0.429. The molecule has 41 heavy (non-hydrogen) atoms. The van der Waals surface area contributed by atoms with Gasteiger partial charge >= 0.3 is 0 Å². The molecule has 6 rings (SSSR count). The molecule has 5 heterocycles. The zero-order chi connectivity index (χ0) is 28.3. The summed E-state index contributed by atoms with van der Waals surface area (Å²) < 4.78 is 27.7. The largest absolute Gasteiger partial charge is 0.383 e. The molecular formula is C28H34FN9O3. The first-order chi connectivity index (χ1) is 20.0. The Hall–Kier alpha value is -3.91. The van der Waals surface area contributed by atoms with Crippen LogP contribution in [0.2, 0.25) is 0 Å². The number of rotatable bonds is 9. The quantitative estimate of drug-likeness (QED) is 0.282. The van der Waals surface area contributed by atoms with E-state index in [1.807, 2.05) is 29.1 Å². The van der Waals surface area contributed by atoms with Crippen molar-refractivity contribution in [3.8, 4) is 11.3 Å². The molecule has 2 aliphatic rings. The van der Waals surface area contributed by atoms with E-state index >= 15 is 4.39 Å². The minimum absolute atomic E-state index is 0.142. The highest BCUT2D eigenvalue weighted by Crippen LogP contribution is 2.33. The van der Waals surface area contributed by atoms with Crippen LogP contribution >= 0.6 is 0 Å².